The lowest BCUT2D eigenvalue weighted by Crippen LogP contribution is -2.42. The van der Waals surface area contributed by atoms with E-state index in [0.29, 0.717) is 15.6 Å². The maximum Gasteiger partial charge on any atom is 0.328 e. The molecular weight excluding hydrogens is 277 g/mol. The second kappa shape index (κ2) is 6.61. The third kappa shape index (κ3) is 3.89. The highest BCUT2D eigenvalue weighted by Crippen LogP contribution is 2.25. The fourth-order valence-corrected chi connectivity index (χ4v) is 2.06. The number of carbonyl (C=O) groups is 2. The number of benzene rings is 1. The highest BCUT2D eigenvalue weighted by molar-refractivity contribution is 6.36. The fourth-order valence-electron chi connectivity index (χ4n) is 1.51. The molecule has 0 heterocycles. The van der Waals surface area contributed by atoms with Crippen LogP contribution in [0.2, 0.25) is 10.0 Å². The van der Waals surface area contributed by atoms with Crippen LogP contribution in [0.3, 0.4) is 0 Å². The molecular formula is C12H13Cl2NO3. The van der Waals surface area contributed by atoms with Gasteiger partial charge in [0.05, 0.1) is 7.11 Å². The minimum atomic E-state index is -0.801. The van der Waals surface area contributed by atoms with Gasteiger partial charge in [-0.25, -0.2) is 4.79 Å². The molecule has 1 aromatic rings. The van der Waals surface area contributed by atoms with E-state index in [1.165, 1.54) is 14.0 Å². The van der Waals surface area contributed by atoms with Crippen LogP contribution in [0, 0.1) is 0 Å². The number of ether oxygens (including phenoxy) is 1. The predicted molar refractivity (Wildman–Crippen MR) is 69.8 cm³/mol. The van der Waals surface area contributed by atoms with Crippen molar-refractivity contribution < 1.29 is 14.3 Å². The van der Waals surface area contributed by atoms with Crippen molar-refractivity contribution in [1.82, 2.24) is 5.32 Å². The molecule has 0 bridgehead atoms. The SMILES string of the molecule is COC(=O)[C@@H](Cc1c(Cl)cccc1Cl)NC(C)=O. The van der Waals surface area contributed by atoms with E-state index in [9.17, 15) is 9.59 Å². The van der Waals surface area contributed by atoms with Crippen molar-refractivity contribution in [2.24, 2.45) is 0 Å². The molecule has 98 valence electrons. The quantitative estimate of drug-likeness (QED) is 0.865. The zero-order valence-corrected chi connectivity index (χ0v) is 11.5. The van der Waals surface area contributed by atoms with Crippen molar-refractivity contribution in [2.45, 2.75) is 19.4 Å². The maximum absolute atomic E-state index is 11.6. The van der Waals surface area contributed by atoms with Gasteiger partial charge < -0.3 is 10.1 Å². The number of rotatable bonds is 4. The Bertz CT molecular complexity index is 442. The highest BCUT2D eigenvalue weighted by atomic mass is 35.5. The summed E-state index contributed by atoms with van der Waals surface area (Å²) >= 11 is 12.0. The van der Waals surface area contributed by atoms with Crippen LogP contribution >= 0.6 is 23.2 Å². The van der Waals surface area contributed by atoms with Crippen molar-refractivity contribution >= 4 is 35.1 Å². The molecule has 0 unspecified atom stereocenters. The van der Waals surface area contributed by atoms with Gasteiger partial charge in [0.15, 0.2) is 0 Å². The molecule has 1 rings (SSSR count). The largest absolute Gasteiger partial charge is 0.467 e. The summed E-state index contributed by atoms with van der Waals surface area (Å²) in [6.07, 6.45) is 0.185. The van der Waals surface area contributed by atoms with E-state index in [0.717, 1.165) is 0 Å². The molecule has 0 spiro atoms. The molecule has 0 fully saturated rings. The van der Waals surface area contributed by atoms with E-state index in [4.69, 9.17) is 23.2 Å². The van der Waals surface area contributed by atoms with E-state index in [1.807, 2.05) is 0 Å². The molecule has 0 saturated heterocycles. The summed E-state index contributed by atoms with van der Waals surface area (Å²) in [4.78, 5) is 22.6. The Balaban J connectivity index is 2.95. The zero-order valence-electron chi connectivity index (χ0n) is 10.00. The monoisotopic (exact) mass is 289 g/mol. The van der Waals surface area contributed by atoms with Crippen LogP contribution < -0.4 is 5.32 Å². The first kappa shape index (κ1) is 14.8. The van der Waals surface area contributed by atoms with Crippen molar-refractivity contribution in [2.75, 3.05) is 7.11 Å². The summed E-state index contributed by atoms with van der Waals surface area (Å²) in [7, 11) is 1.26. The lowest BCUT2D eigenvalue weighted by Gasteiger charge is -2.16. The van der Waals surface area contributed by atoms with E-state index >= 15 is 0 Å². The van der Waals surface area contributed by atoms with E-state index in [2.05, 4.69) is 10.1 Å². The molecule has 0 aliphatic carbocycles. The number of hydrogen-bond acceptors (Lipinski definition) is 3. The third-order valence-electron chi connectivity index (χ3n) is 2.33. The molecule has 0 aliphatic heterocycles. The highest BCUT2D eigenvalue weighted by Gasteiger charge is 2.22. The normalized spacial score (nSPS) is 11.8. The van der Waals surface area contributed by atoms with Crippen molar-refractivity contribution in [1.29, 1.82) is 0 Å². The molecule has 0 saturated carbocycles. The Morgan fingerprint density at radius 2 is 1.89 bits per heavy atom. The lowest BCUT2D eigenvalue weighted by atomic mass is 10.1. The molecule has 0 aromatic heterocycles. The summed E-state index contributed by atoms with van der Waals surface area (Å²) in [5.74, 6) is -0.866. The van der Waals surface area contributed by atoms with Gasteiger partial charge in [0.25, 0.3) is 0 Å². The predicted octanol–water partition coefficient (Wildman–Crippen LogP) is 2.21. The average Bonchev–Trinajstić information content (AvgIpc) is 2.31. The number of hydrogen-bond donors (Lipinski definition) is 1. The molecule has 1 N–H and O–H groups in total. The van der Waals surface area contributed by atoms with Gasteiger partial charge in [0.1, 0.15) is 6.04 Å². The van der Waals surface area contributed by atoms with Crippen LogP contribution in [-0.4, -0.2) is 25.0 Å². The second-order valence-corrected chi connectivity index (χ2v) is 4.50. The molecule has 1 atom stereocenters. The van der Waals surface area contributed by atoms with Crippen molar-refractivity contribution in [3.63, 3.8) is 0 Å². The first-order valence-electron chi connectivity index (χ1n) is 5.23. The van der Waals surface area contributed by atoms with E-state index in [-0.39, 0.29) is 12.3 Å². The molecule has 1 amide bonds. The Hall–Kier alpha value is -1.26. The number of amides is 1. The first-order valence-corrected chi connectivity index (χ1v) is 5.99. The van der Waals surface area contributed by atoms with Crippen LogP contribution in [0.25, 0.3) is 0 Å². The third-order valence-corrected chi connectivity index (χ3v) is 3.04. The van der Waals surface area contributed by atoms with Crippen LogP contribution in [0.5, 0.6) is 0 Å². The summed E-state index contributed by atoms with van der Waals surface area (Å²) in [5.41, 5.74) is 0.602. The molecule has 0 aliphatic rings. The summed E-state index contributed by atoms with van der Waals surface area (Å²) < 4.78 is 4.63. The number of esters is 1. The van der Waals surface area contributed by atoms with Gasteiger partial charge >= 0.3 is 5.97 Å². The summed E-state index contributed by atoms with van der Waals surface area (Å²) in [6.45, 7) is 1.32. The Labute approximate surface area is 115 Å². The van der Waals surface area contributed by atoms with Gasteiger partial charge in [-0.15, -0.1) is 0 Å². The minimum Gasteiger partial charge on any atom is -0.467 e. The Morgan fingerprint density at radius 1 is 1.33 bits per heavy atom. The van der Waals surface area contributed by atoms with Crippen molar-refractivity contribution in [3.05, 3.63) is 33.8 Å². The summed E-state index contributed by atoms with van der Waals surface area (Å²) in [6, 6.07) is 4.25. The minimum absolute atomic E-state index is 0.185. The number of halogens is 2. The topological polar surface area (TPSA) is 55.4 Å². The molecule has 18 heavy (non-hydrogen) atoms. The Kier molecular flexibility index (Phi) is 5.44. The van der Waals surface area contributed by atoms with Gasteiger partial charge in [-0.05, 0) is 17.7 Å². The smallest absolute Gasteiger partial charge is 0.328 e. The molecule has 0 radical (unpaired) electrons. The second-order valence-electron chi connectivity index (χ2n) is 3.68. The lowest BCUT2D eigenvalue weighted by molar-refractivity contribution is -0.144. The number of carbonyl (C=O) groups excluding carboxylic acids is 2. The standard InChI is InChI=1S/C12H13Cl2NO3/c1-7(16)15-11(12(17)18-2)6-8-9(13)4-3-5-10(8)14/h3-5,11H,6H2,1-2H3,(H,15,16)/t11-/m1/s1. The van der Waals surface area contributed by atoms with Crippen LogP contribution in [0.4, 0.5) is 0 Å². The van der Waals surface area contributed by atoms with E-state index in [1.54, 1.807) is 18.2 Å². The van der Waals surface area contributed by atoms with Crippen LogP contribution in [0.1, 0.15) is 12.5 Å². The Morgan fingerprint density at radius 3 is 2.33 bits per heavy atom. The van der Waals surface area contributed by atoms with Gasteiger partial charge in [-0.2, -0.15) is 0 Å². The zero-order chi connectivity index (χ0) is 13.7. The van der Waals surface area contributed by atoms with Crippen molar-refractivity contribution in [3.8, 4) is 0 Å². The average molecular weight is 290 g/mol. The van der Waals surface area contributed by atoms with Gasteiger partial charge in [-0.1, -0.05) is 29.3 Å². The fraction of sp³-hybridized carbons (Fsp3) is 0.333. The summed E-state index contributed by atoms with van der Waals surface area (Å²) in [5, 5.41) is 3.39. The number of methoxy groups -OCH3 is 1. The molecule has 4 nitrogen and oxygen atoms in total. The van der Waals surface area contributed by atoms with Gasteiger partial charge in [0, 0.05) is 23.4 Å². The van der Waals surface area contributed by atoms with E-state index < -0.39 is 12.0 Å². The number of nitrogens with one attached hydrogen (secondary N) is 1. The molecule has 6 heteroatoms. The van der Waals surface area contributed by atoms with Gasteiger partial charge in [0.2, 0.25) is 5.91 Å². The van der Waals surface area contributed by atoms with Crippen LogP contribution in [0.15, 0.2) is 18.2 Å². The van der Waals surface area contributed by atoms with Gasteiger partial charge in [-0.3, -0.25) is 4.79 Å². The molecule has 1 aromatic carbocycles. The maximum atomic E-state index is 11.6. The van der Waals surface area contributed by atoms with Crippen LogP contribution in [-0.2, 0) is 20.7 Å². The first-order chi connectivity index (χ1) is 8.45.